The molecule has 0 saturated carbocycles. The number of hydrogen-bond acceptors (Lipinski definition) is 5. The van der Waals surface area contributed by atoms with Crippen LogP contribution in [0.5, 0.6) is 5.75 Å². The molecule has 0 unspecified atom stereocenters. The van der Waals surface area contributed by atoms with Crippen LogP contribution >= 0.6 is 0 Å². The number of amides is 3. The Morgan fingerprint density at radius 2 is 1.96 bits per heavy atom. The normalized spacial score (nSPS) is 17.4. The van der Waals surface area contributed by atoms with Gasteiger partial charge in [-0.25, -0.2) is 9.69 Å². The molecule has 1 aliphatic heterocycles. The largest absolute Gasteiger partial charge is 0.469 e. The Morgan fingerprint density at radius 1 is 1.30 bits per heavy atom. The fourth-order valence-electron chi connectivity index (χ4n) is 2.11. The fraction of sp³-hybridized carbons (Fsp3) is 0.357. The molecule has 1 saturated heterocycles. The van der Waals surface area contributed by atoms with E-state index in [4.69, 9.17) is 0 Å². The van der Waals surface area contributed by atoms with Crippen molar-refractivity contribution in [2.75, 3.05) is 12.0 Å². The molecule has 124 valence electrons. The number of urea groups is 1. The second kappa shape index (κ2) is 7.03. The summed E-state index contributed by atoms with van der Waals surface area (Å²) in [6, 6.07) is 3.61. The number of carbonyl (C=O) groups is 3. The van der Waals surface area contributed by atoms with Crippen molar-refractivity contribution in [3.8, 4) is 5.75 Å². The van der Waals surface area contributed by atoms with Crippen LogP contribution in [0.4, 0.5) is 19.3 Å². The van der Waals surface area contributed by atoms with Crippen molar-refractivity contribution in [3.05, 3.63) is 24.3 Å². The quantitative estimate of drug-likeness (QED) is 0.634. The number of alkyl halides is 2. The summed E-state index contributed by atoms with van der Waals surface area (Å²) in [5, 5.41) is 2.46. The SMILES string of the molecule is COC(=O)CC[C@H]1NC(=O)N(c2ccc(OC(F)F)cc2)C1=O. The molecule has 0 radical (unpaired) electrons. The first kappa shape index (κ1) is 16.7. The van der Waals surface area contributed by atoms with Crippen LogP contribution in [0.3, 0.4) is 0 Å². The number of halogens is 2. The number of nitrogens with one attached hydrogen (secondary N) is 1. The van der Waals surface area contributed by atoms with Gasteiger partial charge in [-0.3, -0.25) is 9.59 Å². The average Bonchev–Trinajstić information content (AvgIpc) is 2.79. The predicted octanol–water partition coefficient (Wildman–Crippen LogP) is 1.67. The van der Waals surface area contributed by atoms with Crippen LogP contribution < -0.4 is 15.0 Å². The van der Waals surface area contributed by atoms with E-state index in [9.17, 15) is 23.2 Å². The maximum absolute atomic E-state index is 12.2. The number of hydrogen-bond donors (Lipinski definition) is 1. The lowest BCUT2D eigenvalue weighted by Crippen LogP contribution is -2.31. The molecule has 0 bridgehead atoms. The van der Waals surface area contributed by atoms with E-state index in [2.05, 4.69) is 14.8 Å². The number of rotatable bonds is 6. The van der Waals surface area contributed by atoms with Gasteiger partial charge < -0.3 is 14.8 Å². The molecular formula is C14H14F2N2O5. The lowest BCUT2D eigenvalue weighted by Gasteiger charge is -2.13. The van der Waals surface area contributed by atoms with Crippen LogP contribution in [0.15, 0.2) is 24.3 Å². The van der Waals surface area contributed by atoms with Crippen LogP contribution in [0, 0.1) is 0 Å². The standard InChI is InChI=1S/C14H14F2N2O5/c1-22-11(19)7-6-10-12(20)18(14(21)17-10)8-2-4-9(5-3-8)23-13(15)16/h2-5,10,13H,6-7H2,1H3,(H,17,21)/t10-/m1/s1. The highest BCUT2D eigenvalue weighted by Gasteiger charge is 2.39. The van der Waals surface area contributed by atoms with Crippen molar-refractivity contribution in [2.45, 2.75) is 25.5 Å². The molecule has 1 aliphatic rings. The lowest BCUT2D eigenvalue weighted by molar-refractivity contribution is -0.140. The molecule has 0 spiro atoms. The Balaban J connectivity index is 2.06. The zero-order chi connectivity index (χ0) is 17.0. The second-order valence-electron chi connectivity index (χ2n) is 4.66. The molecule has 1 aromatic carbocycles. The van der Waals surface area contributed by atoms with Gasteiger partial charge in [-0.05, 0) is 30.7 Å². The van der Waals surface area contributed by atoms with Gasteiger partial charge in [0.2, 0.25) is 0 Å². The first-order valence-electron chi connectivity index (χ1n) is 6.68. The number of methoxy groups -OCH3 is 1. The molecular weight excluding hydrogens is 314 g/mol. The molecule has 3 amide bonds. The highest BCUT2D eigenvalue weighted by molar-refractivity contribution is 6.21. The Labute approximate surface area is 130 Å². The van der Waals surface area contributed by atoms with Gasteiger partial charge in [-0.15, -0.1) is 0 Å². The molecule has 1 heterocycles. The summed E-state index contributed by atoms with van der Waals surface area (Å²) in [7, 11) is 1.23. The molecule has 1 atom stereocenters. The van der Waals surface area contributed by atoms with E-state index in [1.54, 1.807) is 0 Å². The third kappa shape index (κ3) is 3.93. The molecule has 23 heavy (non-hydrogen) atoms. The summed E-state index contributed by atoms with van der Waals surface area (Å²) in [6.45, 7) is -2.96. The third-order valence-electron chi connectivity index (χ3n) is 3.20. The minimum absolute atomic E-state index is 0.0117. The predicted molar refractivity (Wildman–Crippen MR) is 74.1 cm³/mol. The Kier molecular flexibility index (Phi) is 5.09. The van der Waals surface area contributed by atoms with Gasteiger partial charge in [-0.1, -0.05) is 0 Å². The summed E-state index contributed by atoms with van der Waals surface area (Å²) in [5.74, 6) is -1.10. The summed E-state index contributed by atoms with van der Waals surface area (Å²) in [5.41, 5.74) is 0.217. The van der Waals surface area contributed by atoms with Crippen LogP contribution in [0.2, 0.25) is 0 Å². The molecule has 0 aliphatic carbocycles. The van der Waals surface area contributed by atoms with Crippen molar-refractivity contribution in [2.24, 2.45) is 0 Å². The number of nitrogens with zero attached hydrogens (tertiary/aromatic N) is 1. The highest BCUT2D eigenvalue weighted by Crippen LogP contribution is 2.24. The first-order valence-corrected chi connectivity index (χ1v) is 6.68. The van der Waals surface area contributed by atoms with Gasteiger partial charge in [-0.2, -0.15) is 8.78 Å². The van der Waals surface area contributed by atoms with Crippen molar-refractivity contribution >= 4 is 23.6 Å². The van der Waals surface area contributed by atoms with Gasteiger partial charge in [0.05, 0.1) is 12.8 Å². The zero-order valence-corrected chi connectivity index (χ0v) is 12.1. The first-order chi connectivity index (χ1) is 10.9. The summed E-state index contributed by atoms with van der Waals surface area (Å²) >= 11 is 0. The summed E-state index contributed by atoms with van der Waals surface area (Å²) in [4.78, 5) is 36.1. The molecule has 1 aromatic rings. The van der Waals surface area contributed by atoms with Crippen molar-refractivity contribution in [1.82, 2.24) is 5.32 Å². The average molecular weight is 328 g/mol. The topological polar surface area (TPSA) is 84.9 Å². The minimum atomic E-state index is -2.96. The molecule has 1 N–H and O–H groups in total. The smallest absolute Gasteiger partial charge is 0.387 e. The van der Waals surface area contributed by atoms with Gasteiger partial charge in [0, 0.05) is 6.42 Å². The second-order valence-corrected chi connectivity index (χ2v) is 4.66. The zero-order valence-electron chi connectivity index (χ0n) is 12.1. The van der Waals surface area contributed by atoms with Gasteiger partial charge >= 0.3 is 18.6 Å². The van der Waals surface area contributed by atoms with Crippen LogP contribution in [-0.4, -0.2) is 37.7 Å². The summed E-state index contributed by atoms with van der Waals surface area (Å²) < 4.78 is 32.8. The molecule has 9 heteroatoms. The fourth-order valence-corrected chi connectivity index (χ4v) is 2.11. The van der Waals surface area contributed by atoms with Crippen LogP contribution in [-0.2, 0) is 14.3 Å². The number of esters is 1. The molecule has 0 aromatic heterocycles. The number of imide groups is 1. The lowest BCUT2D eigenvalue weighted by atomic mass is 10.1. The van der Waals surface area contributed by atoms with E-state index in [1.165, 1.54) is 31.4 Å². The van der Waals surface area contributed by atoms with Crippen LogP contribution in [0.25, 0.3) is 0 Å². The van der Waals surface area contributed by atoms with E-state index >= 15 is 0 Å². The highest BCUT2D eigenvalue weighted by atomic mass is 19.3. The number of anilines is 1. The van der Waals surface area contributed by atoms with E-state index in [0.717, 1.165) is 4.90 Å². The number of ether oxygens (including phenoxy) is 2. The Hall–Kier alpha value is -2.71. The van der Waals surface area contributed by atoms with Crippen LogP contribution in [0.1, 0.15) is 12.8 Å². The molecule has 1 fully saturated rings. The Morgan fingerprint density at radius 3 is 2.52 bits per heavy atom. The molecule has 7 nitrogen and oxygen atoms in total. The maximum atomic E-state index is 12.2. The van der Waals surface area contributed by atoms with Gasteiger partial charge in [0.15, 0.2) is 0 Å². The van der Waals surface area contributed by atoms with Crippen molar-refractivity contribution in [1.29, 1.82) is 0 Å². The van der Waals surface area contributed by atoms with Gasteiger partial charge in [0.25, 0.3) is 5.91 Å². The van der Waals surface area contributed by atoms with Crippen molar-refractivity contribution in [3.63, 3.8) is 0 Å². The van der Waals surface area contributed by atoms with E-state index in [-0.39, 0.29) is 24.3 Å². The number of carbonyl (C=O) groups excluding carboxylic acids is 3. The van der Waals surface area contributed by atoms with Crippen molar-refractivity contribution < 1.29 is 32.6 Å². The van der Waals surface area contributed by atoms with E-state index < -0.39 is 30.6 Å². The third-order valence-corrected chi connectivity index (χ3v) is 3.20. The Bertz CT molecular complexity index is 606. The van der Waals surface area contributed by atoms with Gasteiger partial charge in [0.1, 0.15) is 11.8 Å². The molecule has 2 rings (SSSR count). The van der Waals surface area contributed by atoms with E-state index in [0.29, 0.717) is 0 Å². The monoisotopic (exact) mass is 328 g/mol. The van der Waals surface area contributed by atoms with E-state index in [1.807, 2.05) is 0 Å². The minimum Gasteiger partial charge on any atom is -0.469 e. The number of benzene rings is 1. The summed E-state index contributed by atoms with van der Waals surface area (Å²) in [6.07, 6.45) is 0.0997. The maximum Gasteiger partial charge on any atom is 0.387 e.